The van der Waals surface area contributed by atoms with Gasteiger partial charge < -0.3 is 5.32 Å². The van der Waals surface area contributed by atoms with Gasteiger partial charge in [0.25, 0.3) is 5.56 Å². The van der Waals surface area contributed by atoms with Gasteiger partial charge in [-0.2, -0.15) is 5.10 Å². The molecule has 2 atom stereocenters. The average molecular weight is 414 g/mol. The van der Waals surface area contributed by atoms with E-state index in [-0.39, 0.29) is 17.5 Å². The lowest BCUT2D eigenvalue weighted by molar-refractivity contribution is -0.115. The summed E-state index contributed by atoms with van der Waals surface area (Å²) in [4.78, 5) is 30.6. The minimum atomic E-state index is -0.433. The fraction of sp³-hybridized carbons (Fsp3) is 0.429. The standard InChI is InChI=1S/C21H27N5O2S/c1-7-12(2)26-20(28)16-10-8-9-11-17(16)22-21(26)29-15(5)19(27)23-18-13(3)24-25(6)14(18)4/h8-12,15H,7H2,1-6H3,(H,23,27)/t12-,15-/m0/s1. The second kappa shape index (κ2) is 8.41. The molecule has 0 radical (unpaired) electrons. The van der Waals surface area contributed by atoms with Gasteiger partial charge in [0.05, 0.1) is 33.2 Å². The summed E-state index contributed by atoms with van der Waals surface area (Å²) < 4.78 is 3.45. The van der Waals surface area contributed by atoms with E-state index in [1.54, 1.807) is 15.3 Å². The number of nitrogens with one attached hydrogen (secondary N) is 1. The van der Waals surface area contributed by atoms with Gasteiger partial charge in [0.2, 0.25) is 5.91 Å². The number of hydrogen-bond donors (Lipinski definition) is 1. The summed E-state index contributed by atoms with van der Waals surface area (Å²) in [6.07, 6.45) is 0.794. The molecular weight excluding hydrogens is 386 g/mol. The first-order valence-corrected chi connectivity index (χ1v) is 10.6. The van der Waals surface area contributed by atoms with Crippen LogP contribution in [0.4, 0.5) is 5.69 Å². The van der Waals surface area contributed by atoms with Gasteiger partial charge in [-0.3, -0.25) is 18.8 Å². The molecule has 1 aromatic carbocycles. The molecule has 0 bridgehead atoms. The Labute approximate surface area is 174 Å². The van der Waals surface area contributed by atoms with Crippen LogP contribution in [-0.4, -0.2) is 30.5 Å². The highest BCUT2D eigenvalue weighted by molar-refractivity contribution is 8.00. The lowest BCUT2D eigenvalue weighted by Gasteiger charge is -2.20. The van der Waals surface area contributed by atoms with E-state index in [4.69, 9.17) is 4.98 Å². The molecule has 0 unspecified atom stereocenters. The maximum Gasteiger partial charge on any atom is 0.262 e. The number of amides is 1. The molecule has 0 aliphatic heterocycles. The molecule has 3 rings (SSSR count). The molecule has 2 heterocycles. The van der Waals surface area contributed by atoms with Crippen LogP contribution in [0.3, 0.4) is 0 Å². The number of benzene rings is 1. The van der Waals surface area contributed by atoms with Crippen molar-refractivity contribution in [3.05, 3.63) is 46.0 Å². The number of anilines is 1. The molecule has 8 heteroatoms. The van der Waals surface area contributed by atoms with Crippen LogP contribution in [0.15, 0.2) is 34.2 Å². The first kappa shape index (κ1) is 21.1. The molecule has 0 saturated heterocycles. The van der Waals surface area contributed by atoms with Crippen molar-refractivity contribution in [2.45, 2.75) is 57.5 Å². The molecule has 1 N–H and O–H groups in total. The van der Waals surface area contributed by atoms with Crippen molar-refractivity contribution in [3.8, 4) is 0 Å². The van der Waals surface area contributed by atoms with Crippen molar-refractivity contribution in [2.24, 2.45) is 7.05 Å². The third-order valence-electron chi connectivity index (χ3n) is 5.22. The zero-order valence-corrected chi connectivity index (χ0v) is 18.5. The van der Waals surface area contributed by atoms with Gasteiger partial charge in [-0.1, -0.05) is 30.8 Å². The van der Waals surface area contributed by atoms with Crippen molar-refractivity contribution < 1.29 is 4.79 Å². The highest BCUT2D eigenvalue weighted by atomic mass is 32.2. The van der Waals surface area contributed by atoms with E-state index >= 15 is 0 Å². The van der Waals surface area contributed by atoms with Gasteiger partial charge in [-0.05, 0) is 46.2 Å². The second-order valence-electron chi connectivity index (χ2n) is 7.26. The van der Waals surface area contributed by atoms with E-state index in [0.29, 0.717) is 16.1 Å². The molecular formula is C21H27N5O2S. The van der Waals surface area contributed by atoms with Crippen LogP contribution in [0.2, 0.25) is 0 Å². The number of aromatic nitrogens is 4. The molecule has 1 amide bonds. The fourth-order valence-corrected chi connectivity index (χ4v) is 4.18. The number of para-hydroxylation sites is 1. The fourth-order valence-electron chi connectivity index (χ4n) is 3.17. The van der Waals surface area contributed by atoms with E-state index in [2.05, 4.69) is 10.4 Å². The Morgan fingerprint density at radius 3 is 2.55 bits per heavy atom. The van der Waals surface area contributed by atoms with E-state index < -0.39 is 5.25 Å². The predicted octanol–water partition coefficient (Wildman–Crippen LogP) is 3.84. The maximum absolute atomic E-state index is 13.1. The molecule has 3 aromatic rings. The summed E-state index contributed by atoms with van der Waals surface area (Å²) in [5.74, 6) is -0.146. The molecule has 2 aromatic heterocycles. The van der Waals surface area contributed by atoms with Crippen LogP contribution in [0.25, 0.3) is 10.9 Å². The van der Waals surface area contributed by atoms with Gasteiger partial charge >= 0.3 is 0 Å². The van der Waals surface area contributed by atoms with Crippen molar-refractivity contribution in [2.75, 3.05) is 5.32 Å². The van der Waals surface area contributed by atoms with Gasteiger partial charge in [-0.15, -0.1) is 0 Å². The average Bonchev–Trinajstić information content (AvgIpc) is 2.93. The number of nitrogens with zero attached hydrogens (tertiary/aromatic N) is 4. The van der Waals surface area contributed by atoms with Gasteiger partial charge in [0.1, 0.15) is 0 Å². The second-order valence-corrected chi connectivity index (χ2v) is 8.57. The number of fused-ring (bicyclic) bond motifs is 1. The predicted molar refractivity (Wildman–Crippen MR) is 118 cm³/mol. The summed E-state index contributed by atoms with van der Waals surface area (Å²) in [7, 11) is 1.85. The van der Waals surface area contributed by atoms with Gasteiger partial charge in [-0.25, -0.2) is 4.98 Å². The molecule has 29 heavy (non-hydrogen) atoms. The first-order valence-electron chi connectivity index (χ1n) is 9.73. The van der Waals surface area contributed by atoms with Crippen molar-refractivity contribution >= 4 is 34.3 Å². The molecule has 0 fully saturated rings. The van der Waals surface area contributed by atoms with Crippen molar-refractivity contribution in [1.29, 1.82) is 0 Å². The molecule has 0 aliphatic rings. The Hall–Kier alpha value is -2.61. The summed E-state index contributed by atoms with van der Waals surface area (Å²) in [5, 5.41) is 8.03. The topological polar surface area (TPSA) is 81.8 Å². The lowest BCUT2D eigenvalue weighted by Crippen LogP contribution is -2.28. The maximum atomic E-state index is 13.1. The smallest absolute Gasteiger partial charge is 0.262 e. The first-order chi connectivity index (χ1) is 13.7. The number of aryl methyl sites for hydroxylation is 2. The van der Waals surface area contributed by atoms with E-state index in [1.807, 2.05) is 59.9 Å². The number of carbonyl (C=O) groups excluding carboxylic acids is 1. The molecule has 0 spiro atoms. The van der Waals surface area contributed by atoms with Crippen LogP contribution in [0.5, 0.6) is 0 Å². The largest absolute Gasteiger partial charge is 0.322 e. The van der Waals surface area contributed by atoms with Crippen LogP contribution >= 0.6 is 11.8 Å². The quantitative estimate of drug-likeness (QED) is 0.490. The molecule has 0 aliphatic carbocycles. The SMILES string of the molecule is CC[C@H](C)n1c(S[C@@H](C)C(=O)Nc2c(C)nn(C)c2C)nc2ccccc2c1=O. The lowest BCUT2D eigenvalue weighted by atomic mass is 10.2. The highest BCUT2D eigenvalue weighted by Crippen LogP contribution is 2.27. The van der Waals surface area contributed by atoms with Crippen LogP contribution in [0, 0.1) is 13.8 Å². The summed E-state index contributed by atoms with van der Waals surface area (Å²) in [5.41, 5.74) is 2.98. The number of hydrogen-bond acceptors (Lipinski definition) is 5. The monoisotopic (exact) mass is 413 g/mol. The van der Waals surface area contributed by atoms with Gasteiger partial charge in [0, 0.05) is 13.1 Å². The third kappa shape index (κ3) is 4.07. The van der Waals surface area contributed by atoms with Crippen molar-refractivity contribution in [3.63, 3.8) is 0 Å². The third-order valence-corrected chi connectivity index (χ3v) is 6.28. The number of carbonyl (C=O) groups is 1. The number of thioether (sulfide) groups is 1. The normalized spacial score (nSPS) is 13.4. The molecule has 154 valence electrons. The highest BCUT2D eigenvalue weighted by Gasteiger charge is 2.23. The Bertz CT molecular complexity index is 1120. The minimum Gasteiger partial charge on any atom is -0.322 e. The molecule has 0 saturated carbocycles. The zero-order chi connectivity index (χ0) is 21.3. The summed E-state index contributed by atoms with van der Waals surface area (Å²) in [6.45, 7) is 9.63. The van der Waals surface area contributed by atoms with Gasteiger partial charge in [0.15, 0.2) is 5.16 Å². The zero-order valence-electron chi connectivity index (χ0n) is 17.7. The minimum absolute atomic E-state index is 0.0137. The Kier molecular flexibility index (Phi) is 6.12. The van der Waals surface area contributed by atoms with E-state index in [1.165, 1.54) is 11.8 Å². The molecule has 7 nitrogen and oxygen atoms in total. The van der Waals surface area contributed by atoms with E-state index in [9.17, 15) is 9.59 Å². The summed E-state index contributed by atoms with van der Waals surface area (Å²) >= 11 is 1.30. The van der Waals surface area contributed by atoms with Crippen LogP contribution < -0.4 is 10.9 Å². The van der Waals surface area contributed by atoms with Crippen molar-refractivity contribution in [1.82, 2.24) is 19.3 Å². The number of rotatable bonds is 6. The Morgan fingerprint density at radius 2 is 1.93 bits per heavy atom. The van der Waals surface area contributed by atoms with Crippen LogP contribution in [0.1, 0.15) is 44.6 Å². The summed E-state index contributed by atoms with van der Waals surface area (Å²) in [6, 6.07) is 7.31. The Morgan fingerprint density at radius 1 is 1.24 bits per heavy atom. The van der Waals surface area contributed by atoms with E-state index in [0.717, 1.165) is 23.5 Å². The Balaban J connectivity index is 1.94. The van der Waals surface area contributed by atoms with Crippen LogP contribution in [-0.2, 0) is 11.8 Å².